The summed E-state index contributed by atoms with van der Waals surface area (Å²) in [7, 11) is 0. The van der Waals surface area contributed by atoms with Crippen LogP contribution in [-0.4, -0.2) is 35.0 Å². The van der Waals surface area contributed by atoms with Crippen molar-refractivity contribution in [2.24, 2.45) is 5.92 Å². The molecule has 1 aliphatic heterocycles. The minimum absolute atomic E-state index is 0.0578. The lowest BCUT2D eigenvalue weighted by Gasteiger charge is -2.32. The van der Waals surface area contributed by atoms with Gasteiger partial charge in [0.2, 0.25) is 11.8 Å². The standard InChI is InChI=1S/C23H30FN3O2/c1-17(2)13-22(28)25-14-18-7-8-23(26-15-18)29-20-9-11-27(12-10-20)16-19-5-3-4-6-21(19)24/h3-8,15,17,20H,9-14,16H2,1-2H3,(H,25,28). The largest absolute Gasteiger partial charge is 0.474 e. The van der Waals surface area contributed by atoms with Crippen LogP contribution in [0.5, 0.6) is 5.88 Å². The van der Waals surface area contributed by atoms with E-state index in [9.17, 15) is 9.18 Å². The number of hydrogen-bond donors (Lipinski definition) is 1. The minimum Gasteiger partial charge on any atom is -0.474 e. The molecule has 2 aromatic rings. The van der Waals surface area contributed by atoms with E-state index in [1.807, 2.05) is 38.1 Å². The van der Waals surface area contributed by atoms with Crippen molar-refractivity contribution < 1.29 is 13.9 Å². The number of ether oxygens (including phenoxy) is 1. The second-order valence-electron chi connectivity index (χ2n) is 8.06. The predicted molar refractivity (Wildman–Crippen MR) is 111 cm³/mol. The Bertz CT molecular complexity index is 787. The molecule has 0 atom stereocenters. The van der Waals surface area contributed by atoms with Gasteiger partial charge in [0, 0.05) is 50.4 Å². The van der Waals surface area contributed by atoms with Gasteiger partial charge < -0.3 is 10.1 Å². The highest BCUT2D eigenvalue weighted by atomic mass is 19.1. The molecule has 1 saturated heterocycles. The van der Waals surface area contributed by atoms with Crippen LogP contribution >= 0.6 is 0 Å². The average molecular weight is 400 g/mol. The SMILES string of the molecule is CC(C)CC(=O)NCc1ccc(OC2CCN(Cc3ccccc3F)CC2)nc1. The number of carbonyl (C=O) groups excluding carboxylic acids is 1. The van der Waals surface area contributed by atoms with Crippen molar-refractivity contribution in [2.45, 2.75) is 52.3 Å². The van der Waals surface area contributed by atoms with Crippen LogP contribution in [0, 0.1) is 11.7 Å². The summed E-state index contributed by atoms with van der Waals surface area (Å²) < 4.78 is 19.8. The number of nitrogens with zero attached hydrogens (tertiary/aromatic N) is 2. The van der Waals surface area contributed by atoms with Crippen LogP contribution in [0.2, 0.25) is 0 Å². The number of aromatic nitrogens is 1. The number of hydrogen-bond acceptors (Lipinski definition) is 4. The van der Waals surface area contributed by atoms with Gasteiger partial charge in [0.15, 0.2) is 0 Å². The Labute approximate surface area is 172 Å². The maximum atomic E-state index is 13.8. The van der Waals surface area contributed by atoms with Crippen molar-refractivity contribution in [3.05, 3.63) is 59.5 Å². The molecule has 3 rings (SSSR count). The topological polar surface area (TPSA) is 54.5 Å². The van der Waals surface area contributed by atoms with E-state index >= 15 is 0 Å². The highest BCUT2D eigenvalue weighted by molar-refractivity contribution is 5.76. The van der Waals surface area contributed by atoms with Crippen molar-refractivity contribution in [3.63, 3.8) is 0 Å². The second kappa shape index (κ2) is 10.3. The van der Waals surface area contributed by atoms with E-state index in [4.69, 9.17) is 4.74 Å². The maximum Gasteiger partial charge on any atom is 0.220 e. The number of piperidine rings is 1. The summed E-state index contributed by atoms with van der Waals surface area (Å²) in [6.45, 7) is 6.91. The third kappa shape index (κ3) is 6.82. The Hall–Kier alpha value is -2.47. The molecule has 1 fully saturated rings. The molecule has 156 valence electrons. The Morgan fingerprint density at radius 1 is 1.24 bits per heavy atom. The third-order valence-electron chi connectivity index (χ3n) is 5.05. The average Bonchev–Trinajstić information content (AvgIpc) is 2.70. The molecular weight excluding hydrogens is 369 g/mol. The first-order valence-corrected chi connectivity index (χ1v) is 10.3. The molecule has 1 amide bonds. The van der Waals surface area contributed by atoms with E-state index < -0.39 is 0 Å². The van der Waals surface area contributed by atoms with E-state index in [0.717, 1.165) is 37.1 Å². The molecule has 1 aliphatic rings. The first kappa shape index (κ1) is 21.2. The zero-order valence-electron chi connectivity index (χ0n) is 17.2. The number of halogens is 1. The fourth-order valence-electron chi connectivity index (χ4n) is 3.45. The van der Waals surface area contributed by atoms with Gasteiger partial charge in [0.25, 0.3) is 0 Å². The maximum absolute atomic E-state index is 13.8. The number of rotatable bonds is 8. The highest BCUT2D eigenvalue weighted by Crippen LogP contribution is 2.20. The van der Waals surface area contributed by atoms with Crippen molar-refractivity contribution in [3.8, 4) is 5.88 Å². The number of carbonyl (C=O) groups is 1. The molecule has 1 N–H and O–H groups in total. The van der Waals surface area contributed by atoms with E-state index in [1.165, 1.54) is 6.07 Å². The number of pyridine rings is 1. The summed E-state index contributed by atoms with van der Waals surface area (Å²) in [6.07, 6.45) is 4.19. The van der Waals surface area contributed by atoms with Crippen LogP contribution in [0.3, 0.4) is 0 Å². The molecular formula is C23H30FN3O2. The first-order valence-electron chi connectivity index (χ1n) is 10.3. The molecule has 1 aromatic carbocycles. The van der Waals surface area contributed by atoms with Gasteiger partial charge in [-0.25, -0.2) is 9.37 Å². The summed E-state index contributed by atoms with van der Waals surface area (Å²) in [5.41, 5.74) is 1.69. The van der Waals surface area contributed by atoms with E-state index in [-0.39, 0.29) is 17.8 Å². The predicted octanol–water partition coefficient (Wildman–Crippen LogP) is 3.93. The van der Waals surface area contributed by atoms with E-state index in [2.05, 4.69) is 15.2 Å². The summed E-state index contributed by atoms with van der Waals surface area (Å²) in [4.78, 5) is 18.4. The Balaban J connectivity index is 1.41. The van der Waals surface area contributed by atoms with Crippen LogP contribution in [0.25, 0.3) is 0 Å². The zero-order valence-corrected chi connectivity index (χ0v) is 17.2. The smallest absolute Gasteiger partial charge is 0.220 e. The van der Waals surface area contributed by atoms with Gasteiger partial charge in [0.05, 0.1) is 0 Å². The fraction of sp³-hybridized carbons (Fsp3) is 0.478. The Kier molecular flexibility index (Phi) is 7.58. The van der Waals surface area contributed by atoms with Gasteiger partial charge >= 0.3 is 0 Å². The van der Waals surface area contributed by atoms with Gasteiger partial charge in [-0.3, -0.25) is 9.69 Å². The normalized spacial score (nSPS) is 15.4. The van der Waals surface area contributed by atoms with E-state index in [1.54, 1.807) is 12.3 Å². The summed E-state index contributed by atoms with van der Waals surface area (Å²) in [5.74, 6) is 0.870. The lowest BCUT2D eigenvalue weighted by atomic mass is 10.1. The first-order chi connectivity index (χ1) is 14.0. The van der Waals surface area contributed by atoms with Crippen LogP contribution in [0.1, 0.15) is 44.2 Å². The van der Waals surface area contributed by atoms with Gasteiger partial charge in [-0.1, -0.05) is 38.1 Å². The van der Waals surface area contributed by atoms with Crippen molar-refractivity contribution in [1.82, 2.24) is 15.2 Å². The van der Waals surface area contributed by atoms with Gasteiger partial charge in [0.1, 0.15) is 11.9 Å². The molecule has 0 spiro atoms. The lowest BCUT2D eigenvalue weighted by molar-refractivity contribution is -0.121. The van der Waals surface area contributed by atoms with Gasteiger partial charge in [-0.2, -0.15) is 0 Å². The summed E-state index contributed by atoms with van der Waals surface area (Å²) in [6, 6.07) is 10.7. The highest BCUT2D eigenvalue weighted by Gasteiger charge is 2.21. The number of amides is 1. The molecule has 0 saturated carbocycles. The van der Waals surface area contributed by atoms with Crippen LogP contribution in [0.15, 0.2) is 42.6 Å². The van der Waals surface area contributed by atoms with Crippen molar-refractivity contribution in [1.29, 1.82) is 0 Å². The van der Waals surface area contributed by atoms with E-state index in [0.29, 0.717) is 31.3 Å². The van der Waals surface area contributed by atoms with Gasteiger partial charge in [-0.15, -0.1) is 0 Å². The Morgan fingerprint density at radius 3 is 2.66 bits per heavy atom. The number of likely N-dealkylation sites (tertiary alicyclic amines) is 1. The number of nitrogens with one attached hydrogen (secondary N) is 1. The molecule has 0 aliphatic carbocycles. The molecule has 0 bridgehead atoms. The molecule has 6 heteroatoms. The third-order valence-corrected chi connectivity index (χ3v) is 5.05. The quantitative estimate of drug-likeness (QED) is 0.731. The Morgan fingerprint density at radius 2 is 2.00 bits per heavy atom. The van der Waals surface area contributed by atoms with Crippen LogP contribution < -0.4 is 10.1 Å². The summed E-state index contributed by atoms with van der Waals surface area (Å²) in [5, 5.41) is 2.91. The number of benzene rings is 1. The molecule has 2 heterocycles. The van der Waals surface area contributed by atoms with Crippen LogP contribution in [-0.2, 0) is 17.9 Å². The molecule has 0 unspecified atom stereocenters. The zero-order chi connectivity index (χ0) is 20.6. The van der Waals surface area contributed by atoms with Crippen molar-refractivity contribution in [2.75, 3.05) is 13.1 Å². The lowest BCUT2D eigenvalue weighted by Crippen LogP contribution is -2.38. The molecule has 1 aromatic heterocycles. The molecule has 5 nitrogen and oxygen atoms in total. The van der Waals surface area contributed by atoms with Crippen LogP contribution in [0.4, 0.5) is 4.39 Å². The molecule has 29 heavy (non-hydrogen) atoms. The monoisotopic (exact) mass is 399 g/mol. The molecule has 0 radical (unpaired) electrons. The van der Waals surface area contributed by atoms with Gasteiger partial charge in [-0.05, 0) is 30.4 Å². The fourth-order valence-corrected chi connectivity index (χ4v) is 3.45. The minimum atomic E-state index is -0.143. The second-order valence-corrected chi connectivity index (χ2v) is 8.06. The van der Waals surface area contributed by atoms with Crippen molar-refractivity contribution >= 4 is 5.91 Å². The summed E-state index contributed by atoms with van der Waals surface area (Å²) >= 11 is 0.